The molecular weight excluding hydrogens is 917 g/mol. The van der Waals surface area contributed by atoms with Gasteiger partial charge in [-0.1, -0.05) is 177 Å². The van der Waals surface area contributed by atoms with Crippen LogP contribution in [0.5, 0.6) is 0 Å². The number of fused-ring (bicyclic) bond motifs is 14. The van der Waals surface area contributed by atoms with E-state index >= 15 is 0 Å². The van der Waals surface area contributed by atoms with Crippen LogP contribution in [-0.2, 0) is 10.8 Å². The molecule has 0 aliphatic heterocycles. The summed E-state index contributed by atoms with van der Waals surface area (Å²) >= 11 is 0. The molecule has 2 aromatic heterocycles. The summed E-state index contributed by atoms with van der Waals surface area (Å²) in [5.74, 6) is 1.08. The summed E-state index contributed by atoms with van der Waals surface area (Å²) in [6.07, 6.45) is 0. The van der Waals surface area contributed by atoms with Crippen LogP contribution in [0.4, 0.5) is 0 Å². The van der Waals surface area contributed by atoms with Crippen molar-refractivity contribution in [2.45, 2.75) is 89.9 Å². The van der Waals surface area contributed by atoms with Crippen molar-refractivity contribution < 1.29 is 0 Å². The Bertz CT molecular complexity index is 4230. The van der Waals surface area contributed by atoms with E-state index in [9.17, 15) is 0 Å². The Kier molecular flexibility index (Phi) is 8.84. The highest BCUT2D eigenvalue weighted by Gasteiger charge is 2.43. The molecule has 12 aromatic rings. The lowest BCUT2D eigenvalue weighted by Gasteiger charge is -2.42. The van der Waals surface area contributed by atoms with E-state index in [0.717, 1.165) is 0 Å². The SMILES string of the molecule is CC1c2cc3c4cc(-c5ccc6c(c5)-c5ccccc5C6(C)C)ccc4n(-c4ccccc4)c3c3c2-c2c(cc4c5cc(-c6ccc7c(c6)-c6ccccc6C7(C)C)ccc5n(-c5ccccc5)c4c2C(C)C3C)C1C. The fourth-order valence-corrected chi connectivity index (χ4v) is 15.5. The minimum atomic E-state index is -0.0273. The Labute approximate surface area is 445 Å². The van der Waals surface area contributed by atoms with Crippen molar-refractivity contribution in [3.63, 3.8) is 0 Å². The summed E-state index contributed by atoms with van der Waals surface area (Å²) in [5.41, 5.74) is 32.6. The van der Waals surface area contributed by atoms with Gasteiger partial charge >= 0.3 is 0 Å². The van der Waals surface area contributed by atoms with Gasteiger partial charge in [0.1, 0.15) is 0 Å². The molecule has 0 spiro atoms. The predicted molar refractivity (Wildman–Crippen MR) is 320 cm³/mol. The molecule has 4 unspecified atom stereocenters. The number of nitrogens with zero attached hydrogens (tertiary/aromatic N) is 2. The summed E-state index contributed by atoms with van der Waals surface area (Å²) in [6, 6.07) is 74.6. The van der Waals surface area contributed by atoms with Crippen LogP contribution in [0.25, 0.3) is 111 Å². The van der Waals surface area contributed by atoms with Gasteiger partial charge in [-0.05, 0) is 197 Å². The van der Waals surface area contributed by atoms with E-state index in [1.54, 1.807) is 0 Å². The Morgan fingerprint density at radius 1 is 0.316 bits per heavy atom. The maximum absolute atomic E-state index is 2.64. The maximum Gasteiger partial charge on any atom is 0.0582 e. The fraction of sp³-hybridized carbons (Fsp3) is 0.189. The molecule has 0 radical (unpaired) electrons. The Hall–Kier alpha value is -8.20. The van der Waals surface area contributed by atoms with E-state index in [-0.39, 0.29) is 22.7 Å². The zero-order chi connectivity index (χ0) is 51.3. The van der Waals surface area contributed by atoms with Crippen molar-refractivity contribution in [1.29, 1.82) is 0 Å². The summed E-state index contributed by atoms with van der Waals surface area (Å²) in [6.45, 7) is 19.6. The van der Waals surface area contributed by atoms with Gasteiger partial charge in [-0.25, -0.2) is 0 Å². The molecule has 0 saturated heterocycles. The van der Waals surface area contributed by atoms with Crippen molar-refractivity contribution in [2.24, 2.45) is 0 Å². The van der Waals surface area contributed by atoms with Crippen LogP contribution in [0.3, 0.4) is 0 Å². The second kappa shape index (κ2) is 15.2. The lowest BCUT2D eigenvalue weighted by Crippen LogP contribution is -2.24. The number of hydrogen-bond donors (Lipinski definition) is 0. The van der Waals surface area contributed by atoms with Gasteiger partial charge in [0, 0.05) is 43.7 Å². The van der Waals surface area contributed by atoms with Crippen LogP contribution in [0.2, 0.25) is 0 Å². The molecule has 16 rings (SSSR count). The third-order valence-electron chi connectivity index (χ3n) is 19.7. The molecule has 4 aliphatic rings. The van der Waals surface area contributed by atoms with Crippen molar-refractivity contribution in [3.8, 4) is 67.0 Å². The van der Waals surface area contributed by atoms with Gasteiger partial charge in [-0.3, -0.25) is 0 Å². The zero-order valence-electron chi connectivity index (χ0n) is 44.7. The molecular formula is C74H60N2. The highest BCUT2D eigenvalue weighted by atomic mass is 15.0. The monoisotopic (exact) mass is 976 g/mol. The van der Waals surface area contributed by atoms with Gasteiger partial charge in [0.2, 0.25) is 0 Å². The van der Waals surface area contributed by atoms with E-state index in [0.29, 0.717) is 11.8 Å². The van der Waals surface area contributed by atoms with Crippen molar-refractivity contribution in [2.75, 3.05) is 0 Å². The summed E-state index contributed by atoms with van der Waals surface area (Å²) < 4.78 is 5.23. The molecule has 2 nitrogen and oxygen atoms in total. The van der Waals surface area contributed by atoms with Crippen molar-refractivity contribution >= 4 is 43.6 Å². The van der Waals surface area contributed by atoms with Gasteiger partial charge in [0.15, 0.2) is 0 Å². The van der Waals surface area contributed by atoms with Crippen LogP contribution in [0, 0.1) is 0 Å². The quantitative estimate of drug-likeness (QED) is 0.166. The third-order valence-corrected chi connectivity index (χ3v) is 19.7. The van der Waals surface area contributed by atoms with Crippen LogP contribution in [0.15, 0.2) is 194 Å². The molecule has 4 aliphatic carbocycles. The van der Waals surface area contributed by atoms with Crippen LogP contribution < -0.4 is 0 Å². The van der Waals surface area contributed by atoms with Gasteiger partial charge in [-0.2, -0.15) is 0 Å². The minimum Gasteiger partial charge on any atom is -0.309 e. The molecule has 2 heterocycles. The second-order valence-electron chi connectivity index (χ2n) is 24.1. The van der Waals surface area contributed by atoms with Gasteiger partial charge in [-0.15, -0.1) is 0 Å². The first kappa shape index (κ1) is 44.1. The average Bonchev–Trinajstić information content (AvgIpc) is 4.29. The van der Waals surface area contributed by atoms with E-state index in [2.05, 4.69) is 259 Å². The summed E-state index contributed by atoms with van der Waals surface area (Å²) in [7, 11) is 0. The second-order valence-corrected chi connectivity index (χ2v) is 24.1. The van der Waals surface area contributed by atoms with E-state index in [1.807, 2.05) is 0 Å². The highest BCUT2D eigenvalue weighted by molar-refractivity contribution is 6.17. The Balaban J connectivity index is 0.953. The van der Waals surface area contributed by atoms with Crippen LogP contribution >= 0.6 is 0 Å². The van der Waals surface area contributed by atoms with E-state index in [4.69, 9.17) is 0 Å². The predicted octanol–water partition coefficient (Wildman–Crippen LogP) is 19.9. The molecule has 0 amide bonds. The molecule has 4 atom stereocenters. The van der Waals surface area contributed by atoms with Crippen molar-refractivity contribution in [1.82, 2.24) is 9.13 Å². The number of aromatic nitrogens is 2. The normalized spacial score (nSPS) is 19.0. The molecule has 0 fully saturated rings. The van der Waals surface area contributed by atoms with Crippen molar-refractivity contribution in [3.05, 3.63) is 239 Å². The largest absolute Gasteiger partial charge is 0.309 e. The zero-order valence-corrected chi connectivity index (χ0v) is 44.7. The Morgan fingerprint density at radius 2 is 0.671 bits per heavy atom. The lowest BCUT2D eigenvalue weighted by molar-refractivity contribution is 0.584. The van der Waals surface area contributed by atoms with Gasteiger partial charge in [0.05, 0.1) is 22.1 Å². The average molecular weight is 977 g/mol. The summed E-state index contributed by atoms with van der Waals surface area (Å²) in [5, 5.41) is 5.36. The first-order valence-corrected chi connectivity index (χ1v) is 27.8. The first-order valence-electron chi connectivity index (χ1n) is 27.8. The third kappa shape index (κ3) is 5.62. The topological polar surface area (TPSA) is 9.86 Å². The standard InChI is InChI=1S/C74H60N2/c1-41-42(2)54-40-60-58-38-48(46-28-32-64-56(36-46)52-24-16-18-26-62(52)74(64,7)8)30-34-66(58)76(50-21-13-10-14-22-50)72(60)68-44(4)43(3)67-69(70(54)68)53(41)39-59-57-37-47(29-33-65(57)75(71(59)67)49-19-11-9-12-20-49)45-27-31-63-55(35-45)51-23-15-17-25-61(51)73(63,5)6/h9-44H,1-8H3. The minimum absolute atomic E-state index is 0.0273. The van der Waals surface area contributed by atoms with Crippen LogP contribution in [0.1, 0.15) is 124 Å². The fourth-order valence-electron chi connectivity index (χ4n) is 15.5. The molecule has 76 heavy (non-hydrogen) atoms. The molecule has 0 N–H and O–H groups in total. The van der Waals surface area contributed by atoms with E-state index < -0.39 is 0 Å². The number of hydrogen-bond acceptors (Lipinski definition) is 0. The number of para-hydroxylation sites is 2. The first-order chi connectivity index (χ1) is 36.9. The molecule has 10 aromatic carbocycles. The maximum atomic E-state index is 2.64. The molecule has 0 saturated carbocycles. The van der Waals surface area contributed by atoms with E-state index in [1.165, 1.54) is 155 Å². The molecule has 366 valence electrons. The number of benzene rings is 10. The van der Waals surface area contributed by atoms with Gasteiger partial charge in [0.25, 0.3) is 0 Å². The molecule has 0 bridgehead atoms. The highest BCUT2D eigenvalue weighted by Crippen LogP contribution is 2.62. The number of rotatable bonds is 4. The Morgan fingerprint density at radius 3 is 1.09 bits per heavy atom. The van der Waals surface area contributed by atoms with Crippen LogP contribution in [-0.4, -0.2) is 9.13 Å². The summed E-state index contributed by atoms with van der Waals surface area (Å²) in [4.78, 5) is 0. The lowest BCUT2D eigenvalue weighted by atomic mass is 9.62. The smallest absolute Gasteiger partial charge is 0.0582 e. The molecule has 2 heteroatoms. The van der Waals surface area contributed by atoms with Gasteiger partial charge < -0.3 is 9.13 Å².